The molecule has 3 aromatic rings. The average Bonchev–Trinajstić information content (AvgIpc) is 2.91. The number of nitrogens with zero attached hydrogens (tertiary/aromatic N) is 2. The Morgan fingerprint density at radius 2 is 1.76 bits per heavy atom. The number of amides is 2. The number of aromatic nitrogens is 2. The Hall–Kier alpha value is -3.75. The topological polar surface area (TPSA) is 115 Å². The molecule has 0 spiro atoms. The van der Waals surface area contributed by atoms with Crippen LogP contribution in [0.3, 0.4) is 0 Å². The van der Waals surface area contributed by atoms with Gasteiger partial charge in [0.1, 0.15) is 11.5 Å². The molecule has 29 heavy (non-hydrogen) atoms. The van der Waals surface area contributed by atoms with Gasteiger partial charge < -0.3 is 20.5 Å². The van der Waals surface area contributed by atoms with Gasteiger partial charge in [-0.15, -0.1) is 0 Å². The number of para-hydroxylation sites is 1. The normalized spacial score (nSPS) is 10.7. The number of benzene rings is 2. The van der Waals surface area contributed by atoms with Gasteiger partial charge in [-0.25, -0.2) is 4.79 Å². The Morgan fingerprint density at radius 3 is 2.45 bits per heavy atom. The zero-order valence-corrected chi connectivity index (χ0v) is 16.4. The second-order valence-corrected chi connectivity index (χ2v) is 6.42. The minimum atomic E-state index is -0.525. The predicted molar refractivity (Wildman–Crippen MR) is 108 cm³/mol. The van der Waals surface area contributed by atoms with Gasteiger partial charge >= 0.3 is 5.69 Å². The van der Waals surface area contributed by atoms with Gasteiger partial charge in [0.05, 0.1) is 35.4 Å². The summed E-state index contributed by atoms with van der Waals surface area (Å²) in [5, 5.41) is 15.3. The van der Waals surface area contributed by atoms with Crippen LogP contribution in [0.15, 0.2) is 41.2 Å². The van der Waals surface area contributed by atoms with Crippen LogP contribution in [-0.4, -0.2) is 39.2 Å². The summed E-state index contributed by atoms with van der Waals surface area (Å²) in [6.45, 7) is 1.92. The summed E-state index contributed by atoms with van der Waals surface area (Å²) in [4.78, 5) is 36.6. The minimum Gasteiger partial charge on any atom is -0.506 e. The first kappa shape index (κ1) is 20.0. The van der Waals surface area contributed by atoms with Gasteiger partial charge in [0.15, 0.2) is 0 Å². The van der Waals surface area contributed by atoms with E-state index >= 15 is 0 Å². The molecular weight excluding hydrogens is 376 g/mol. The summed E-state index contributed by atoms with van der Waals surface area (Å²) in [6.07, 6.45) is 0. The number of aryl methyl sites for hydroxylation is 2. The molecule has 9 heteroatoms. The molecule has 0 saturated carbocycles. The zero-order valence-electron chi connectivity index (χ0n) is 16.4. The Balaban J connectivity index is 1.71. The Morgan fingerprint density at radius 1 is 1.10 bits per heavy atom. The van der Waals surface area contributed by atoms with Crippen molar-refractivity contribution in [2.45, 2.75) is 6.92 Å². The van der Waals surface area contributed by atoms with Crippen molar-refractivity contribution >= 4 is 28.5 Å². The third-order valence-corrected chi connectivity index (χ3v) is 4.50. The minimum absolute atomic E-state index is 0.146. The number of imidazole rings is 1. The summed E-state index contributed by atoms with van der Waals surface area (Å²) < 4.78 is 8.23. The molecule has 0 aliphatic rings. The molecule has 3 rings (SSSR count). The molecule has 0 aliphatic heterocycles. The second-order valence-electron chi connectivity index (χ2n) is 6.42. The molecule has 2 amide bonds. The fourth-order valence-corrected chi connectivity index (χ4v) is 3.02. The Labute approximate surface area is 166 Å². The molecule has 0 radical (unpaired) electrons. The van der Waals surface area contributed by atoms with Crippen LogP contribution in [0.5, 0.6) is 11.5 Å². The van der Waals surface area contributed by atoms with Crippen LogP contribution in [0.4, 0.5) is 5.69 Å². The molecule has 0 saturated heterocycles. The van der Waals surface area contributed by atoms with Crippen LogP contribution < -0.4 is 21.1 Å². The maximum absolute atomic E-state index is 12.4. The number of ether oxygens (including phenoxy) is 1. The van der Waals surface area contributed by atoms with Crippen molar-refractivity contribution in [3.63, 3.8) is 0 Å². The van der Waals surface area contributed by atoms with Crippen molar-refractivity contribution in [1.82, 2.24) is 14.5 Å². The van der Waals surface area contributed by atoms with Crippen molar-refractivity contribution in [2.75, 3.05) is 18.5 Å². The number of anilines is 1. The number of carbonyl (C=O) groups excluding carboxylic acids is 2. The first-order chi connectivity index (χ1) is 13.8. The fourth-order valence-electron chi connectivity index (χ4n) is 3.02. The average molecular weight is 398 g/mol. The molecule has 0 bridgehead atoms. The molecule has 3 N–H and O–H groups in total. The summed E-state index contributed by atoms with van der Waals surface area (Å²) >= 11 is 0. The van der Waals surface area contributed by atoms with Crippen LogP contribution in [0.2, 0.25) is 0 Å². The third kappa shape index (κ3) is 3.93. The fraction of sp³-hybridized carbons (Fsp3) is 0.250. The highest BCUT2D eigenvalue weighted by Gasteiger charge is 2.16. The van der Waals surface area contributed by atoms with Gasteiger partial charge in [-0.05, 0) is 25.1 Å². The van der Waals surface area contributed by atoms with Crippen LogP contribution in [0.25, 0.3) is 11.0 Å². The van der Waals surface area contributed by atoms with E-state index in [9.17, 15) is 19.5 Å². The van der Waals surface area contributed by atoms with Gasteiger partial charge in [0.25, 0.3) is 5.91 Å². The summed E-state index contributed by atoms with van der Waals surface area (Å²) in [6, 6.07) is 9.66. The second kappa shape index (κ2) is 8.09. The number of hydrogen-bond donors (Lipinski definition) is 3. The molecule has 1 heterocycles. The highest BCUT2D eigenvalue weighted by atomic mass is 16.5. The molecule has 0 atom stereocenters. The van der Waals surface area contributed by atoms with Crippen molar-refractivity contribution < 1.29 is 19.4 Å². The monoisotopic (exact) mass is 398 g/mol. The lowest BCUT2D eigenvalue weighted by Gasteiger charge is -2.11. The van der Waals surface area contributed by atoms with Crippen LogP contribution >= 0.6 is 0 Å². The van der Waals surface area contributed by atoms with Crippen LogP contribution in [-0.2, 0) is 18.9 Å². The number of fused-ring (bicyclic) bond motifs is 1. The SMILES string of the molecule is CCOc1ccccc1C(=O)NCC(=O)Nc1cc2c(cc1O)n(C)c(=O)n2C. The lowest BCUT2D eigenvalue weighted by molar-refractivity contribution is -0.115. The van der Waals surface area contributed by atoms with E-state index in [0.29, 0.717) is 29.0 Å². The molecule has 152 valence electrons. The van der Waals surface area contributed by atoms with Crippen molar-refractivity contribution in [3.8, 4) is 11.5 Å². The van der Waals surface area contributed by atoms with E-state index in [0.717, 1.165) is 0 Å². The highest BCUT2D eigenvalue weighted by molar-refractivity contribution is 6.02. The summed E-state index contributed by atoms with van der Waals surface area (Å²) in [5.74, 6) is -0.724. The molecule has 2 aromatic carbocycles. The van der Waals surface area contributed by atoms with Gasteiger partial charge in [0.2, 0.25) is 5.91 Å². The number of phenols is 1. The number of hydrogen-bond acceptors (Lipinski definition) is 5. The summed E-state index contributed by atoms with van der Waals surface area (Å²) in [5.41, 5.74) is 1.32. The third-order valence-electron chi connectivity index (χ3n) is 4.50. The lowest BCUT2D eigenvalue weighted by atomic mass is 10.2. The van der Waals surface area contributed by atoms with E-state index in [1.54, 1.807) is 38.4 Å². The van der Waals surface area contributed by atoms with Gasteiger partial charge in [-0.2, -0.15) is 0 Å². The van der Waals surface area contributed by atoms with Crippen LogP contribution in [0, 0.1) is 0 Å². The smallest absolute Gasteiger partial charge is 0.328 e. The first-order valence-electron chi connectivity index (χ1n) is 9.01. The maximum Gasteiger partial charge on any atom is 0.328 e. The Kier molecular flexibility index (Phi) is 5.58. The van der Waals surface area contributed by atoms with E-state index in [2.05, 4.69) is 10.6 Å². The molecular formula is C20H22N4O5. The summed E-state index contributed by atoms with van der Waals surface area (Å²) in [7, 11) is 3.20. The molecule has 1 aromatic heterocycles. The quantitative estimate of drug-likeness (QED) is 0.542. The van der Waals surface area contributed by atoms with E-state index in [1.165, 1.54) is 21.3 Å². The number of rotatable bonds is 6. The van der Waals surface area contributed by atoms with Crippen molar-refractivity contribution in [1.29, 1.82) is 0 Å². The van der Waals surface area contributed by atoms with Crippen LogP contribution in [0.1, 0.15) is 17.3 Å². The largest absolute Gasteiger partial charge is 0.506 e. The molecule has 9 nitrogen and oxygen atoms in total. The predicted octanol–water partition coefficient (Wildman–Crippen LogP) is 1.35. The first-order valence-corrected chi connectivity index (χ1v) is 9.01. The van der Waals surface area contributed by atoms with E-state index in [-0.39, 0.29) is 23.7 Å². The zero-order chi connectivity index (χ0) is 21.1. The number of carbonyl (C=O) groups is 2. The maximum atomic E-state index is 12.4. The van der Waals surface area contributed by atoms with Gasteiger partial charge in [0, 0.05) is 20.2 Å². The standard InChI is InChI=1S/C20H22N4O5/c1-4-29-17-8-6-5-7-12(17)19(27)21-11-18(26)22-13-9-14-15(10-16(13)25)24(3)20(28)23(14)2/h5-10,25H,4,11H2,1-3H3,(H,21,27)(H,22,26). The molecule has 0 unspecified atom stereocenters. The van der Waals surface area contributed by atoms with Gasteiger partial charge in [-0.3, -0.25) is 18.7 Å². The van der Waals surface area contributed by atoms with Gasteiger partial charge in [-0.1, -0.05) is 12.1 Å². The number of aromatic hydroxyl groups is 1. The lowest BCUT2D eigenvalue weighted by Crippen LogP contribution is -2.33. The Bertz CT molecular complexity index is 1150. The number of phenolic OH excluding ortho intramolecular Hbond substituents is 1. The highest BCUT2D eigenvalue weighted by Crippen LogP contribution is 2.28. The van der Waals surface area contributed by atoms with E-state index in [1.807, 2.05) is 6.92 Å². The molecule has 0 aliphatic carbocycles. The van der Waals surface area contributed by atoms with E-state index < -0.39 is 11.8 Å². The van der Waals surface area contributed by atoms with E-state index in [4.69, 9.17) is 4.74 Å². The van der Waals surface area contributed by atoms with Crippen molar-refractivity contribution in [3.05, 3.63) is 52.4 Å². The van der Waals surface area contributed by atoms with Crippen molar-refractivity contribution in [2.24, 2.45) is 14.1 Å². The number of nitrogens with one attached hydrogen (secondary N) is 2. The molecule has 0 fully saturated rings.